The number of hydrogen-bond donors (Lipinski definition) is 1. The highest BCUT2D eigenvalue weighted by atomic mass is 35.5. The molecule has 0 atom stereocenters. The highest BCUT2D eigenvalue weighted by Gasteiger charge is 2.23. The first-order valence-corrected chi connectivity index (χ1v) is 10.5. The molecule has 0 aliphatic carbocycles. The minimum absolute atomic E-state index is 0.197. The van der Waals surface area contributed by atoms with Crippen molar-refractivity contribution in [1.82, 2.24) is 0 Å². The van der Waals surface area contributed by atoms with Crippen LogP contribution in [0.15, 0.2) is 40.3 Å². The molecule has 1 N–H and O–H groups in total. The Bertz CT molecular complexity index is 1250. The third kappa shape index (κ3) is 4.67. The highest BCUT2D eigenvalue weighted by Crippen LogP contribution is 2.35. The fourth-order valence-electron chi connectivity index (χ4n) is 2.79. The number of rotatable bonds is 5. The van der Waals surface area contributed by atoms with Crippen molar-refractivity contribution in [3.05, 3.63) is 67.7 Å². The van der Waals surface area contributed by atoms with Gasteiger partial charge in [0.15, 0.2) is 0 Å². The summed E-state index contributed by atoms with van der Waals surface area (Å²) in [6.07, 6.45) is 1.31. The number of carbonyl (C=O) groups excluding carboxylic acids is 2. The minimum atomic E-state index is -0.673. The van der Waals surface area contributed by atoms with Crippen molar-refractivity contribution in [3.8, 4) is 17.4 Å². The number of thiophene rings is 1. The molecule has 6 nitrogen and oxygen atoms in total. The third-order valence-corrected chi connectivity index (χ3v) is 6.44. The average Bonchev–Trinajstić information content (AvgIpc) is 3.32. The van der Waals surface area contributed by atoms with Crippen LogP contribution in [-0.4, -0.2) is 19.0 Å². The molecular formula is C22H16Cl2N2O4S. The quantitative estimate of drug-likeness (QED) is 0.267. The number of amides is 1. The van der Waals surface area contributed by atoms with Crippen LogP contribution in [0.25, 0.3) is 17.4 Å². The molecule has 0 aliphatic heterocycles. The number of methoxy groups -OCH3 is 1. The van der Waals surface area contributed by atoms with E-state index < -0.39 is 11.9 Å². The zero-order valence-corrected chi connectivity index (χ0v) is 19.0. The van der Waals surface area contributed by atoms with Gasteiger partial charge in [-0.2, -0.15) is 5.26 Å². The number of benzene rings is 1. The molecule has 1 amide bonds. The smallest absolute Gasteiger partial charge is 0.341 e. The second kappa shape index (κ2) is 9.40. The Hall–Kier alpha value is -3.05. The molecule has 158 valence electrons. The van der Waals surface area contributed by atoms with Gasteiger partial charge in [0.25, 0.3) is 5.91 Å². The summed E-state index contributed by atoms with van der Waals surface area (Å²) in [6, 6.07) is 10.3. The van der Waals surface area contributed by atoms with Crippen molar-refractivity contribution < 1.29 is 18.7 Å². The zero-order chi connectivity index (χ0) is 22.7. The van der Waals surface area contributed by atoms with E-state index in [0.29, 0.717) is 31.9 Å². The van der Waals surface area contributed by atoms with Gasteiger partial charge in [0.2, 0.25) is 0 Å². The van der Waals surface area contributed by atoms with E-state index in [1.54, 1.807) is 37.3 Å². The maximum atomic E-state index is 12.7. The number of halogens is 2. The van der Waals surface area contributed by atoms with Crippen molar-refractivity contribution in [1.29, 1.82) is 5.26 Å². The molecule has 0 saturated heterocycles. The first-order chi connectivity index (χ1) is 14.8. The Balaban J connectivity index is 1.89. The van der Waals surface area contributed by atoms with Gasteiger partial charge in [0.1, 0.15) is 28.2 Å². The predicted molar refractivity (Wildman–Crippen MR) is 122 cm³/mol. The first kappa shape index (κ1) is 22.6. The zero-order valence-electron chi connectivity index (χ0n) is 16.7. The van der Waals surface area contributed by atoms with E-state index >= 15 is 0 Å². The van der Waals surface area contributed by atoms with Gasteiger partial charge in [0.05, 0.1) is 22.7 Å². The number of anilines is 1. The monoisotopic (exact) mass is 474 g/mol. The van der Waals surface area contributed by atoms with E-state index in [2.05, 4.69) is 5.32 Å². The van der Waals surface area contributed by atoms with Gasteiger partial charge >= 0.3 is 5.97 Å². The summed E-state index contributed by atoms with van der Waals surface area (Å²) in [7, 11) is 1.27. The molecule has 31 heavy (non-hydrogen) atoms. The molecule has 9 heteroatoms. The van der Waals surface area contributed by atoms with Crippen molar-refractivity contribution in [2.75, 3.05) is 12.4 Å². The lowest BCUT2D eigenvalue weighted by atomic mass is 10.1. The molecule has 0 aliphatic rings. The second-order valence-corrected chi connectivity index (χ2v) is 8.42. The van der Waals surface area contributed by atoms with Gasteiger partial charge in [-0.1, -0.05) is 29.3 Å². The second-order valence-electron chi connectivity index (χ2n) is 6.41. The van der Waals surface area contributed by atoms with E-state index in [1.165, 1.54) is 24.5 Å². The van der Waals surface area contributed by atoms with E-state index in [0.717, 1.165) is 4.88 Å². The number of carbonyl (C=O) groups is 2. The standard InChI is InChI=1S/C22H16Cl2N2O4S/c1-11-12(2)31-21(18(11)22(28)29-3)26-20(27)13(10-25)9-14-7-8-17(30-14)15-5-4-6-16(23)19(15)24/h4-9H,1-3H3,(H,26,27)/b13-9+. The summed E-state index contributed by atoms with van der Waals surface area (Å²) in [6.45, 7) is 3.59. The molecule has 0 saturated carbocycles. The van der Waals surface area contributed by atoms with Crippen LogP contribution in [0, 0.1) is 25.2 Å². The molecule has 0 unspecified atom stereocenters. The maximum absolute atomic E-state index is 12.7. The van der Waals surface area contributed by atoms with E-state index in [1.807, 2.05) is 13.0 Å². The van der Waals surface area contributed by atoms with E-state index in [9.17, 15) is 14.9 Å². The van der Waals surface area contributed by atoms with Gasteiger partial charge < -0.3 is 14.5 Å². The largest absolute Gasteiger partial charge is 0.465 e. The van der Waals surface area contributed by atoms with Crippen molar-refractivity contribution >= 4 is 57.5 Å². The number of nitrogens with one attached hydrogen (secondary N) is 1. The van der Waals surface area contributed by atoms with E-state index in [4.69, 9.17) is 32.4 Å². The molecule has 3 aromatic rings. The molecule has 0 fully saturated rings. The van der Waals surface area contributed by atoms with Gasteiger partial charge in [-0.3, -0.25) is 4.79 Å². The Kier molecular flexibility index (Phi) is 6.86. The van der Waals surface area contributed by atoms with Crippen LogP contribution in [0.4, 0.5) is 5.00 Å². The SMILES string of the molecule is COC(=O)c1c(NC(=O)/C(C#N)=C/c2ccc(-c3cccc(Cl)c3Cl)o2)sc(C)c1C. The van der Waals surface area contributed by atoms with Crippen LogP contribution in [0.5, 0.6) is 0 Å². The summed E-state index contributed by atoms with van der Waals surface area (Å²) in [4.78, 5) is 25.6. The Morgan fingerprint density at radius 2 is 1.97 bits per heavy atom. The number of esters is 1. The van der Waals surface area contributed by atoms with Gasteiger partial charge in [-0.05, 0) is 43.7 Å². The summed E-state index contributed by atoms with van der Waals surface area (Å²) in [5, 5.41) is 13.1. The lowest BCUT2D eigenvalue weighted by Gasteiger charge is -2.05. The lowest BCUT2D eigenvalue weighted by Crippen LogP contribution is -2.15. The molecule has 2 heterocycles. The molecular weight excluding hydrogens is 459 g/mol. The summed E-state index contributed by atoms with van der Waals surface area (Å²) in [5.74, 6) is -0.514. The summed E-state index contributed by atoms with van der Waals surface area (Å²) < 4.78 is 10.5. The minimum Gasteiger partial charge on any atom is -0.465 e. The van der Waals surface area contributed by atoms with Gasteiger partial charge in [0, 0.05) is 16.5 Å². The van der Waals surface area contributed by atoms with Crippen LogP contribution in [0.2, 0.25) is 10.0 Å². The Morgan fingerprint density at radius 1 is 1.23 bits per heavy atom. The molecule has 2 aromatic heterocycles. The van der Waals surface area contributed by atoms with Crippen LogP contribution in [0.3, 0.4) is 0 Å². The fraction of sp³-hybridized carbons (Fsp3) is 0.136. The number of aryl methyl sites for hydroxylation is 1. The number of nitrogens with zero attached hydrogens (tertiary/aromatic N) is 1. The van der Waals surface area contributed by atoms with Gasteiger partial charge in [-0.25, -0.2) is 4.79 Å². The lowest BCUT2D eigenvalue weighted by molar-refractivity contribution is -0.112. The van der Waals surface area contributed by atoms with Gasteiger partial charge in [-0.15, -0.1) is 11.3 Å². The highest BCUT2D eigenvalue weighted by molar-refractivity contribution is 7.16. The van der Waals surface area contributed by atoms with Crippen molar-refractivity contribution in [2.24, 2.45) is 0 Å². The fourth-order valence-corrected chi connectivity index (χ4v) is 4.23. The summed E-state index contributed by atoms with van der Waals surface area (Å²) in [5.41, 5.74) is 1.37. The van der Waals surface area contributed by atoms with Crippen LogP contribution in [-0.2, 0) is 9.53 Å². The van der Waals surface area contributed by atoms with Crippen molar-refractivity contribution in [2.45, 2.75) is 13.8 Å². The molecule has 3 rings (SSSR count). The molecule has 1 aromatic carbocycles. The van der Waals surface area contributed by atoms with Crippen LogP contribution >= 0.6 is 34.5 Å². The third-order valence-electron chi connectivity index (χ3n) is 4.50. The Morgan fingerprint density at radius 3 is 2.65 bits per heavy atom. The molecule has 0 radical (unpaired) electrons. The molecule has 0 spiro atoms. The molecule has 0 bridgehead atoms. The van der Waals surface area contributed by atoms with E-state index in [-0.39, 0.29) is 16.9 Å². The number of ether oxygens (including phenoxy) is 1. The maximum Gasteiger partial charge on any atom is 0.341 e. The first-order valence-electron chi connectivity index (χ1n) is 8.92. The number of nitriles is 1. The normalized spacial score (nSPS) is 11.2. The Labute approximate surface area is 192 Å². The van der Waals surface area contributed by atoms with Crippen LogP contribution in [0.1, 0.15) is 26.6 Å². The topological polar surface area (TPSA) is 92.3 Å². The number of furan rings is 1. The van der Waals surface area contributed by atoms with Crippen molar-refractivity contribution in [3.63, 3.8) is 0 Å². The van der Waals surface area contributed by atoms with Crippen LogP contribution < -0.4 is 5.32 Å². The predicted octanol–water partition coefficient (Wildman–Crippen LogP) is 6.26. The average molecular weight is 475 g/mol. The summed E-state index contributed by atoms with van der Waals surface area (Å²) >= 11 is 13.5. The number of hydrogen-bond acceptors (Lipinski definition) is 6.